The lowest BCUT2D eigenvalue weighted by Crippen LogP contribution is -2.41. The Morgan fingerprint density at radius 3 is 2.46 bits per heavy atom. The lowest BCUT2D eigenvalue weighted by atomic mass is 10.1. The van der Waals surface area contributed by atoms with Gasteiger partial charge in [0.2, 0.25) is 5.91 Å². The molecule has 0 saturated heterocycles. The van der Waals surface area contributed by atoms with E-state index >= 15 is 0 Å². The molecule has 0 aliphatic rings. The highest BCUT2D eigenvalue weighted by atomic mass is 32.1. The molecule has 136 valence electrons. The Morgan fingerprint density at radius 1 is 1.23 bits per heavy atom. The molecule has 0 unspecified atom stereocenters. The van der Waals surface area contributed by atoms with Crippen molar-refractivity contribution in [1.82, 2.24) is 0 Å². The molecule has 0 atom stereocenters. The molecule has 0 aliphatic heterocycles. The SMILES string of the molecule is CC(C)N(C(=S)Nc1ccccc1[N+](=O)[O-])c1ccccc1CC(N)=O. The van der Waals surface area contributed by atoms with Crippen LogP contribution in [0.2, 0.25) is 0 Å². The first kappa shape index (κ1) is 19.3. The Labute approximate surface area is 157 Å². The van der Waals surface area contributed by atoms with E-state index in [1.807, 2.05) is 43.0 Å². The van der Waals surface area contributed by atoms with Gasteiger partial charge in [-0.2, -0.15) is 0 Å². The number of benzene rings is 2. The number of amides is 1. The van der Waals surface area contributed by atoms with E-state index in [1.54, 1.807) is 18.2 Å². The minimum absolute atomic E-state index is 0.0493. The largest absolute Gasteiger partial charge is 0.369 e. The topological polar surface area (TPSA) is 102 Å². The number of rotatable bonds is 6. The molecule has 0 bridgehead atoms. The summed E-state index contributed by atoms with van der Waals surface area (Å²) < 4.78 is 0. The van der Waals surface area contributed by atoms with E-state index in [-0.39, 0.29) is 18.2 Å². The van der Waals surface area contributed by atoms with E-state index in [2.05, 4.69) is 5.32 Å². The fourth-order valence-electron chi connectivity index (χ4n) is 2.62. The van der Waals surface area contributed by atoms with Gasteiger partial charge in [-0.3, -0.25) is 14.9 Å². The second-order valence-corrected chi connectivity index (χ2v) is 6.33. The minimum Gasteiger partial charge on any atom is -0.369 e. The summed E-state index contributed by atoms with van der Waals surface area (Å²) in [5.74, 6) is -0.446. The fraction of sp³-hybridized carbons (Fsp3) is 0.222. The van der Waals surface area contributed by atoms with Crippen LogP contribution in [-0.4, -0.2) is 22.0 Å². The van der Waals surface area contributed by atoms with Crippen molar-refractivity contribution >= 4 is 40.3 Å². The van der Waals surface area contributed by atoms with Crippen LogP contribution >= 0.6 is 12.2 Å². The number of nitrogens with one attached hydrogen (secondary N) is 1. The summed E-state index contributed by atoms with van der Waals surface area (Å²) in [7, 11) is 0. The second-order valence-electron chi connectivity index (χ2n) is 5.94. The molecule has 2 rings (SSSR count). The summed E-state index contributed by atoms with van der Waals surface area (Å²) in [6, 6.07) is 13.5. The fourth-order valence-corrected chi connectivity index (χ4v) is 3.04. The van der Waals surface area contributed by atoms with E-state index in [4.69, 9.17) is 18.0 Å². The van der Waals surface area contributed by atoms with Crippen molar-refractivity contribution < 1.29 is 9.72 Å². The molecule has 2 aromatic rings. The number of primary amides is 1. The van der Waals surface area contributed by atoms with Crippen LogP contribution in [-0.2, 0) is 11.2 Å². The monoisotopic (exact) mass is 372 g/mol. The smallest absolute Gasteiger partial charge is 0.292 e. The van der Waals surface area contributed by atoms with Crippen molar-refractivity contribution in [3.63, 3.8) is 0 Å². The number of para-hydroxylation sites is 3. The van der Waals surface area contributed by atoms with Gasteiger partial charge in [0, 0.05) is 17.8 Å². The molecule has 0 spiro atoms. The maximum Gasteiger partial charge on any atom is 0.292 e. The predicted molar refractivity (Wildman–Crippen MR) is 106 cm³/mol. The summed E-state index contributed by atoms with van der Waals surface area (Å²) in [6.45, 7) is 3.88. The van der Waals surface area contributed by atoms with Gasteiger partial charge in [-0.05, 0) is 43.8 Å². The zero-order valence-corrected chi connectivity index (χ0v) is 15.3. The summed E-state index contributed by atoms with van der Waals surface area (Å²) in [5.41, 5.74) is 7.05. The molecule has 7 nitrogen and oxygen atoms in total. The molecule has 0 fully saturated rings. The van der Waals surface area contributed by atoms with Gasteiger partial charge in [0.15, 0.2) is 5.11 Å². The molecule has 0 saturated carbocycles. The lowest BCUT2D eigenvalue weighted by Gasteiger charge is -2.31. The van der Waals surface area contributed by atoms with Gasteiger partial charge < -0.3 is 16.0 Å². The van der Waals surface area contributed by atoms with Crippen molar-refractivity contribution in [2.24, 2.45) is 5.73 Å². The Balaban J connectivity index is 2.39. The molecule has 0 heterocycles. The highest BCUT2D eigenvalue weighted by molar-refractivity contribution is 7.80. The first-order valence-corrected chi connectivity index (χ1v) is 8.42. The number of nitro groups is 1. The van der Waals surface area contributed by atoms with Gasteiger partial charge in [0.25, 0.3) is 5.69 Å². The summed E-state index contributed by atoms with van der Waals surface area (Å²) in [5, 5.41) is 14.5. The first-order chi connectivity index (χ1) is 12.3. The van der Waals surface area contributed by atoms with Gasteiger partial charge in [-0.15, -0.1) is 0 Å². The minimum atomic E-state index is -0.467. The maximum absolute atomic E-state index is 11.4. The maximum atomic E-state index is 11.4. The number of nitro benzene ring substituents is 1. The average Bonchev–Trinajstić information content (AvgIpc) is 2.56. The van der Waals surface area contributed by atoms with Crippen LogP contribution in [0.15, 0.2) is 48.5 Å². The third kappa shape index (κ3) is 4.54. The average molecular weight is 372 g/mol. The Morgan fingerprint density at radius 2 is 1.85 bits per heavy atom. The number of nitrogens with zero attached hydrogens (tertiary/aromatic N) is 2. The highest BCUT2D eigenvalue weighted by Crippen LogP contribution is 2.27. The lowest BCUT2D eigenvalue weighted by molar-refractivity contribution is -0.383. The number of anilines is 2. The number of thiocarbonyl (C=S) groups is 1. The van der Waals surface area contributed by atoms with Gasteiger partial charge in [-0.25, -0.2) is 0 Å². The Bertz CT molecular complexity index is 839. The first-order valence-electron chi connectivity index (χ1n) is 8.01. The normalized spacial score (nSPS) is 10.4. The van der Waals surface area contributed by atoms with Crippen molar-refractivity contribution in [3.8, 4) is 0 Å². The van der Waals surface area contributed by atoms with Crippen molar-refractivity contribution in [1.29, 1.82) is 0 Å². The number of hydrogen-bond acceptors (Lipinski definition) is 4. The molecule has 8 heteroatoms. The molecule has 1 amide bonds. The van der Waals surface area contributed by atoms with Crippen LogP contribution in [0, 0.1) is 10.1 Å². The molecule has 0 aliphatic carbocycles. The van der Waals surface area contributed by atoms with E-state index in [0.29, 0.717) is 10.8 Å². The zero-order valence-electron chi connectivity index (χ0n) is 14.5. The van der Waals surface area contributed by atoms with E-state index in [1.165, 1.54) is 6.07 Å². The molecule has 2 aromatic carbocycles. The third-order valence-corrected chi connectivity index (χ3v) is 3.99. The molecule has 0 aromatic heterocycles. The van der Waals surface area contributed by atoms with Gasteiger partial charge in [0.1, 0.15) is 5.69 Å². The van der Waals surface area contributed by atoms with Gasteiger partial charge in [-0.1, -0.05) is 30.3 Å². The molecule has 3 N–H and O–H groups in total. The van der Waals surface area contributed by atoms with Crippen molar-refractivity contribution in [2.75, 3.05) is 10.2 Å². The Kier molecular flexibility index (Phi) is 6.24. The summed E-state index contributed by atoms with van der Waals surface area (Å²) in [4.78, 5) is 23.9. The molecular formula is C18H20N4O3S. The Hall–Kier alpha value is -3.00. The number of carbonyl (C=O) groups excluding carboxylic acids is 1. The van der Waals surface area contributed by atoms with Crippen LogP contribution < -0.4 is 16.0 Å². The van der Waals surface area contributed by atoms with Crippen LogP contribution in [0.3, 0.4) is 0 Å². The molecule has 26 heavy (non-hydrogen) atoms. The highest BCUT2D eigenvalue weighted by Gasteiger charge is 2.22. The van der Waals surface area contributed by atoms with Crippen molar-refractivity contribution in [3.05, 3.63) is 64.2 Å². The molecule has 0 radical (unpaired) electrons. The van der Waals surface area contributed by atoms with E-state index < -0.39 is 10.8 Å². The number of carbonyl (C=O) groups is 1. The zero-order chi connectivity index (χ0) is 19.3. The summed E-state index contributed by atoms with van der Waals surface area (Å²) >= 11 is 5.51. The number of nitrogens with two attached hydrogens (primary N) is 1. The van der Waals surface area contributed by atoms with E-state index in [0.717, 1.165) is 11.3 Å². The van der Waals surface area contributed by atoms with Gasteiger partial charge in [0.05, 0.1) is 11.3 Å². The standard InChI is InChI=1S/C18H20N4O3S/c1-12(2)21(15-9-5-3-7-13(15)11-17(19)23)18(26)20-14-8-4-6-10-16(14)22(24)25/h3-10,12H,11H2,1-2H3,(H2,19,23)(H,20,26). The molecular weight excluding hydrogens is 352 g/mol. The quantitative estimate of drug-likeness (QED) is 0.459. The predicted octanol–water partition coefficient (Wildman–Crippen LogP) is 3.23. The van der Waals surface area contributed by atoms with Crippen LogP contribution in [0.4, 0.5) is 17.1 Å². The number of hydrogen-bond donors (Lipinski definition) is 2. The second kappa shape index (κ2) is 8.39. The third-order valence-electron chi connectivity index (χ3n) is 3.69. The van der Waals surface area contributed by atoms with Crippen LogP contribution in [0.1, 0.15) is 19.4 Å². The van der Waals surface area contributed by atoms with Crippen LogP contribution in [0.5, 0.6) is 0 Å². The van der Waals surface area contributed by atoms with Crippen LogP contribution in [0.25, 0.3) is 0 Å². The van der Waals surface area contributed by atoms with Crippen molar-refractivity contribution in [2.45, 2.75) is 26.3 Å². The summed E-state index contributed by atoms with van der Waals surface area (Å²) in [6.07, 6.45) is 0.0769. The van der Waals surface area contributed by atoms with Gasteiger partial charge >= 0.3 is 0 Å². The van der Waals surface area contributed by atoms with E-state index in [9.17, 15) is 14.9 Å².